The number of carbonyl (C=O) groups is 2. The molecule has 4 saturated carbocycles. The average molecular weight is 955 g/mol. The van der Waals surface area contributed by atoms with Crippen LogP contribution in [0.5, 0.6) is 0 Å². The monoisotopic (exact) mass is 955 g/mol. The van der Waals surface area contributed by atoms with Crippen molar-refractivity contribution in [2.24, 2.45) is 50.2 Å². The summed E-state index contributed by atoms with van der Waals surface area (Å²) in [5.41, 5.74) is 0.235. The van der Waals surface area contributed by atoms with Crippen molar-refractivity contribution < 1.29 is 88.3 Å². The number of ether oxygens (including phenoxy) is 8. The summed E-state index contributed by atoms with van der Waals surface area (Å²) in [6, 6.07) is 0. The highest BCUT2D eigenvalue weighted by atomic mass is 16.8. The lowest BCUT2D eigenvalue weighted by Gasteiger charge is -2.71. The van der Waals surface area contributed by atoms with Crippen molar-refractivity contribution in [2.45, 2.75) is 205 Å². The van der Waals surface area contributed by atoms with Gasteiger partial charge in [-0.15, -0.1) is 0 Å². The summed E-state index contributed by atoms with van der Waals surface area (Å²) in [6.45, 7) is 14.9. The number of aliphatic hydroxyl groups is 8. The zero-order valence-electron chi connectivity index (χ0n) is 40.6. The number of aliphatic hydroxyl groups excluding tert-OH is 8. The molecule has 3 heterocycles. The molecule has 0 unspecified atom stereocenters. The van der Waals surface area contributed by atoms with Crippen molar-refractivity contribution in [1.82, 2.24) is 0 Å². The van der Waals surface area contributed by atoms with Crippen LogP contribution in [-0.2, 0) is 47.5 Å². The van der Waals surface area contributed by atoms with Crippen molar-refractivity contribution in [3.63, 3.8) is 0 Å². The average Bonchev–Trinajstić information content (AvgIpc) is 3.56. The van der Waals surface area contributed by atoms with Gasteiger partial charge in [-0.2, -0.15) is 0 Å². The number of hydrogen-bond acceptors (Lipinski definition) is 18. The van der Waals surface area contributed by atoms with Gasteiger partial charge in [0.2, 0.25) is 0 Å². The summed E-state index contributed by atoms with van der Waals surface area (Å²) in [7, 11) is 2.63. The van der Waals surface area contributed by atoms with Gasteiger partial charge in [0.15, 0.2) is 25.0 Å². The molecule has 0 radical (unpaired) electrons. The van der Waals surface area contributed by atoms with Crippen LogP contribution in [0.15, 0.2) is 11.6 Å². The highest BCUT2D eigenvalue weighted by Crippen LogP contribution is 2.76. The van der Waals surface area contributed by atoms with E-state index in [1.165, 1.54) is 12.7 Å². The zero-order chi connectivity index (χ0) is 49.0. The number of allylic oxidation sites excluding steroid dienone is 2. The maximum Gasteiger partial charge on any atom is 0.337 e. The molecule has 382 valence electrons. The molecule has 18 heteroatoms. The maximum absolute atomic E-state index is 13.7. The van der Waals surface area contributed by atoms with E-state index in [9.17, 15) is 50.4 Å². The van der Waals surface area contributed by atoms with E-state index >= 15 is 0 Å². The summed E-state index contributed by atoms with van der Waals surface area (Å²) < 4.78 is 47.2. The third-order valence-corrected chi connectivity index (χ3v) is 19.3. The van der Waals surface area contributed by atoms with Crippen molar-refractivity contribution >= 4 is 11.9 Å². The van der Waals surface area contributed by atoms with Crippen LogP contribution < -0.4 is 0 Å². The molecule has 0 aromatic heterocycles. The number of fused-ring (bicyclic) bond motifs is 7. The van der Waals surface area contributed by atoms with Crippen LogP contribution in [0.4, 0.5) is 0 Å². The minimum atomic E-state index is -1.92. The van der Waals surface area contributed by atoms with Crippen molar-refractivity contribution in [2.75, 3.05) is 27.4 Å². The van der Waals surface area contributed by atoms with E-state index in [2.05, 4.69) is 54.5 Å². The fourth-order valence-corrected chi connectivity index (χ4v) is 15.2. The molecule has 0 aromatic carbocycles. The molecule has 3 saturated heterocycles. The first kappa shape index (κ1) is 51.5. The van der Waals surface area contributed by atoms with Crippen LogP contribution >= 0.6 is 0 Å². The van der Waals surface area contributed by atoms with Crippen LogP contribution in [0.1, 0.15) is 113 Å². The first-order chi connectivity index (χ1) is 31.4. The first-order valence-electron chi connectivity index (χ1n) is 24.5. The fraction of sp³-hybridized carbons (Fsp3) is 0.918. The molecule has 18 nitrogen and oxygen atoms in total. The molecule has 8 aliphatic rings. The van der Waals surface area contributed by atoms with E-state index in [0.717, 1.165) is 64.9 Å². The Bertz CT molecular complexity index is 1860. The molecule has 0 bridgehead atoms. The van der Waals surface area contributed by atoms with Crippen molar-refractivity contribution in [1.29, 1.82) is 0 Å². The summed E-state index contributed by atoms with van der Waals surface area (Å²) in [4.78, 5) is 27.4. The van der Waals surface area contributed by atoms with E-state index in [0.29, 0.717) is 12.3 Å². The molecule has 0 amide bonds. The Morgan fingerprint density at radius 2 is 1.22 bits per heavy atom. The largest absolute Gasteiger partial charge is 0.469 e. The SMILES string of the molecule is COC(=O)[C@H]1O[C@@H](O[C@H]2CC[C@]3(C)[C@H]4CC=C5[C@@H]6CC(C)(C)CC[C@]6(C(=O)OC)CC[C@@]5(C)[C@]4(C)CC[C@H]3C2(C)C)[C@H](O)[C@@H](O[C@@H]2O[C@H](CO)[C@@H](O)[C@H](O)[C@H]2O)[C@@H]1O[C@@H]1O[C@@H](CO)[C@H](O)[C@H]1O. The molecule has 3 aliphatic heterocycles. The molecule has 22 atom stereocenters. The van der Waals surface area contributed by atoms with E-state index < -0.39 is 122 Å². The highest BCUT2D eigenvalue weighted by molar-refractivity contribution is 5.78. The molecule has 8 N–H and O–H groups in total. The van der Waals surface area contributed by atoms with Gasteiger partial charge in [-0.25, -0.2) is 4.79 Å². The molecule has 8 rings (SSSR count). The smallest absolute Gasteiger partial charge is 0.337 e. The summed E-state index contributed by atoms with van der Waals surface area (Å²) >= 11 is 0. The second kappa shape index (κ2) is 18.3. The van der Waals surface area contributed by atoms with Gasteiger partial charge in [0.05, 0.1) is 39.0 Å². The maximum atomic E-state index is 13.7. The van der Waals surface area contributed by atoms with Crippen LogP contribution in [0.2, 0.25) is 0 Å². The topological polar surface area (TPSA) is 270 Å². The fourth-order valence-electron chi connectivity index (χ4n) is 15.2. The van der Waals surface area contributed by atoms with Gasteiger partial charge in [-0.05, 0) is 109 Å². The van der Waals surface area contributed by atoms with Gasteiger partial charge in [-0.1, -0.05) is 60.1 Å². The van der Waals surface area contributed by atoms with Crippen molar-refractivity contribution in [3.8, 4) is 0 Å². The second-order valence-corrected chi connectivity index (χ2v) is 23.4. The van der Waals surface area contributed by atoms with Crippen molar-refractivity contribution in [3.05, 3.63) is 11.6 Å². The lowest BCUT2D eigenvalue weighted by Crippen LogP contribution is -2.68. The predicted molar refractivity (Wildman–Crippen MR) is 234 cm³/mol. The molecule has 0 aromatic rings. The number of methoxy groups -OCH3 is 2. The van der Waals surface area contributed by atoms with Crippen LogP contribution in [0, 0.1) is 50.2 Å². The minimum Gasteiger partial charge on any atom is -0.469 e. The Hall–Kier alpha value is -1.88. The molecule has 0 spiro atoms. The standard InChI is InChI=1S/C49H78O18/c1-44(2)16-18-49(43(59)61-9)19-17-47(6)23(24(49)20-44)10-11-28-46(5)14-13-29(45(3,4)27(46)12-15-48(28,47)7)64-42-35(57)36(65-41-34(56)32(54)30(52)25(21-50)62-41)37(38(67-42)39(58)60-8)66-40-33(55)31(53)26(22-51)63-40/h10,24-38,40-42,50-57H,11-22H2,1-9H3/t24-,25+,26-,27-,28+,29-,30+,31-,32-,33+,34+,35+,36+,37-,38-,40-,41-,42+,46-,47+,48+,49-/m0/s1. The van der Waals surface area contributed by atoms with Crippen LogP contribution in [0.25, 0.3) is 0 Å². The van der Waals surface area contributed by atoms with Gasteiger partial charge in [0.25, 0.3) is 0 Å². The molecule has 5 aliphatic carbocycles. The normalized spacial score (nSPS) is 51.3. The van der Waals surface area contributed by atoms with Gasteiger partial charge in [0.1, 0.15) is 61.0 Å². The lowest BCUT2D eigenvalue weighted by atomic mass is 9.33. The van der Waals surface area contributed by atoms with Gasteiger partial charge in [0, 0.05) is 0 Å². The number of esters is 2. The van der Waals surface area contributed by atoms with Crippen LogP contribution in [0.3, 0.4) is 0 Å². The lowest BCUT2D eigenvalue weighted by molar-refractivity contribution is -0.378. The molecule has 7 fully saturated rings. The Morgan fingerprint density at radius 1 is 0.642 bits per heavy atom. The Kier molecular flexibility index (Phi) is 14.1. The van der Waals surface area contributed by atoms with E-state index in [-0.39, 0.29) is 39.5 Å². The van der Waals surface area contributed by atoms with E-state index in [1.807, 2.05) is 0 Å². The molecule has 67 heavy (non-hydrogen) atoms. The second-order valence-electron chi connectivity index (χ2n) is 23.4. The molecular formula is C49H78O18. The minimum absolute atomic E-state index is 0.0553. The third kappa shape index (κ3) is 8.07. The summed E-state index contributed by atoms with van der Waals surface area (Å²) in [5.74, 6) is -0.468. The zero-order valence-corrected chi connectivity index (χ0v) is 40.6. The number of rotatable bonds is 10. The van der Waals surface area contributed by atoms with Gasteiger partial charge < -0.3 is 78.7 Å². The summed E-state index contributed by atoms with van der Waals surface area (Å²) in [6.07, 6.45) is -13.0. The van der Waals surface area contributed by atoms with E-state index in [4.69, 9.17) is 37.9 Å². The number of carbonyl (C=O) groups excluding carboxylic acids is 2. The predicted octanol–water partition coefficient (Wildman–Crippen LogP) is 1.61. The quantitative estimate of drug-likeness (QED) is 0.0878. The summed E-state index contributed by atoms with van der Waals surface area (Å²) in [5, 5.41) is 85.5. The van der Waals surface area contributed by atoms with Crippen LogP contribution in [-0.4, -0.2) is 172 Å². The van der Waals surface area contributed by atoms with Gasteiger partial charge in [-0.3, -0.25) is 4.79 Å². The Balaban J connectivity index is 1.07. The Labute approximate surface area is 393 Å². The van der Waals surface area contributed by atoms with E-state index in [1.54, 1.807) is 0 Å². The Morgan fingerprint density at radius 3 is 1.84 bits per heavy atom. The highest BCUT2D eigenvalue weighted by Gasteiger charge is 2.70. The van der Waals surface area contributed by atoms with Gasteiger partial charge >= 0.3 is 11.9 Å². The number of hydrogen-bond donors (Lipinski definition) is 8. The third-order valence-electron chi connectivity index (χ3n) is 19.3. The molecular weight excluding hydrogens is 877 g/mol. The first-order valence-corrected chi connectivity index (χ1v) is 24.5.